The van der Waals surface area contributed by atoms with Crippen LogP contribution in [-0.4, -0.2) is 30.6 Å². The summed E-state index contributed by atoms with van der Waals surface area (Å²) >= 11 is 0. The van der Waals surface area contributed by atoms with E-state index in [2.05, 4.69) is 10.2 Å². The van der Waals surface area contributed by atoms with Gasteiger partial charge in [-0.2, -0.15) is 0 Å². The van der Waals surface area contributed by atoms with E-state index in [4.69, 9.17) is 4.42 Å². The van der Waals surface area contributed by atoms with Crippen molar-refractivity contribution in [2.24, 2.45) is 0 Å². The Morgan fingerprint density at radius 1 is 1.26 bits per heavy atom. The van der Waals surface area contributed by atoms with Crippen LogP contribution in [0.25, 0.3) is 33.3 Å². The van der Waals surface area contributed by atoms with E-state index in [9.17, 15) is 14.6 Å². The molecule has 5 rings (SSSR count). The molecule has 4 aromatic rings. The molecule has 0 atom stereocenters. The molecule has 138 valence electrons. The number of rotatable bonds is 2. The first-order valence-electron chi connectivity index (χ1n) is 8.81. The van der Waals surface area contributed by atoms with Crippen molar-refractivity contribution in [3.8, 4) is 17.0 Å². The second-order valence-corrected chi connectivity index (χ2v) is 7.61. The molecule has 6 nitrogen and oxygen atoms in total. The molecule has 0 radical (unpaired) electrons. The van der Waals surface area contributed by atoms with Gasteiger partial charge in [0, 0.05) is 17.8 Å². The number of aliphatic hydroxyl groups is 1. The highest BCUT2D eigenvalue weighted by Crippen LogP contribution is 2.44. The van der Waals surface area contributed by atoms with Crippen molar-refractivity contribution in [3.05, 3.63) is 42.0 Å². The number of hydrogen-bond donors (Lipinski definition) is 2. The predicted octanol–water partition coefficient (Wildman–Crippen LogP) is 4.08. The minimum absolute atomic E-state index is 0.00207. The average Bonchev–Trinajstić information content (AvgIpc) is 3.19. The zero-order valence-electron chi connectivity index (χ0n) is 14.9. The Morgan fingerprint density at radius 2 is 2.04 bits per heavy atom. The molecule has 1 aliphatic carbocycles. The topological polar surface area (TPSA) is 84.3 Å². The van der Waals surface area contributed by atoms with Gasteiger partial charge in [0.1, 0.15) is 17.0 Å². The lowest BCUT2D eigenvalue weighted by Gasteiger charge is -2.41. The standard InChI is InChI=1S/C20H18FN3O3/c1-10-16-14(21)9-24(11-7-20(2,26)8-11)19(16)23-22-17(10)13-3-4-15-12(18(13)25)5-6-27-15/h3-6,9,11,25-26H,7-8H2,1-2H3. The number of nitrogens with zero attached hydrogens (tertiary/aromatic N) is 3. The van der Waals surface area contributed by atoms with E-state index >= 15 is 0 Å². The van der Waals surface area contributed by atoms with Crippen LogP contribution in [0.3, 0.4) is 0 Å². The molecule has 0 amide bonds. The van der Waals surface area contributed by atoms with Crippen LogP contribution in [0.2, 0.25) is 0 Å². The van der Waals surface area contributed by atoms with Crippen LogP contribution in [0.1, 0.15) is 31.4 Å². The third-order valence-electron chi connectivity index (χ3n) is 5.54. The van der Waals surface area contributed by atoms with Crippen LogP contribution in [0.5, 0.6) is 5.75 Å². The Kier molecular flexibility index (Phi) is 3.19. The number of aromatic nitrogens is 3. The number of aromatic hydroxyl groups is 1. The highest BCUT2D eigenvalue weighted by molar-refractivity contribution is 5.94. The molecule has 0 saturated heterocycles. The molecule has 1 aromatic carbocycles. The molecular weight excluding hydrogens is 349 g/mol. The van der Waals surface area contributed by atoms with Crippen LogP contribution in [0, 0.1) is 12.7 Å². The minimum atomic E-state index is -0.716. The fourth-order valence-electron chi connectivity index (χ4n) is 4.13. The van der Waals surface area contributed by atoms with Gasteiger partial charge in [-0.25, -0.2) is 4.39 Å². The van der Waals surface area contributed by atoms with Crippen LogP contribution in [0.15, 0.2) is 35.1 Å². The summed E-state index contributed by atoms with van der Waals surface area (Å²) < 4.78 is 21.8. The Morgan fingerprint density at radius 3 is 2.78 bits per heavy atom. The Bertz CT molecular complexity index is 1200. The molecule has 0 spiro atoms. The van der Waals surface area contributed by atoms with Gasteiger partial charge in [0.2, 0.25) is 0 Å². The highest BCUT2D eigenvalue weighted by atomic mass is 19.1. The maximum Gasteiger partial charge on any atom is 0.166 e. The normalized spacial score (nSPS) is 22.4. The van der Waals surface area contributed by atoms with E-state index in [1.165, 1.54) is 12.5 Å². The summed E-state index contributed by atoms with van der Waals surface area (Å²) in [4.78, 5) is 0. The maximum absolute atomic E-state index is 14.8. The summed E-state index contributed by atoms with van der Waals surface area (Å²) in [6.07, 6.45) is 4.03. The number of aryl methyl sites for hydroxylation is 1. The molecule has 1 fully saturated rings. The molecule has 0 unspecified atom stereocenters. The van der Waals surface area contributed by atoms with Crippen molar-refractivity contribution < 1.29 is 19.0 Å². The highest BCUT2D eigenvalue weighted by Gasteiger charge is 2.40. The van der Waals surface area contributed by atoms with Crippen molar-refractivity contribution in [2.75, 3.05) is 0 Å². The van der Waals surface area contributed by atoms with Crippen LogP contribution in [0.4, 0.5) is 4.39 Å². The summed E-state index contributed by atoms with van der Waals surface area (Å²) in [5.74, 6) is -0.345. The largest absolute Gasteiger partial charge is 0.506 e. The van der Waals surface area contributed by atoms with Crippen LogP contribution < -0.4 is 0 Å². The maximum atomic E-state index is 14.8. The molecule has 3 heterocycles. The van der Waals surface area contributed by atoms with E-state index in [1.54, 1.807) is 36.6 Å². The number of phenols is 1. The minimum Gasteiger partial charge on any atom is -0.506 e. The number of hydrogen-bond acceptors (Lipinski definition) is 5. The zero-order chi connectivity index (χ0) is 18.9. The van der Waals surface area contributed by atoms with Crippen molar-refractivity contribution >= 4 is 22.0 Å². The first-order chi connectivity index (χ1) is 12.9. The van der Waals surface area contributed by atoms with Gasteiger partial charge < -0.3 is 19.2 Å². The molecule has 2 N–H and O–H groups in total. The molecule has 27 heavy (non-hydrogen) atoms. The third-order valence-corrected chi connectivity index (χ3v) is 5.54. The Labute approximate surface area is 153 Å². The Balaban J connectivity index is 1.68. The molecular formula is C20H18FN3O3. The van der Waals surface area contributed by atoms with E-state index in [0.29, 0.717) is 51.7 Å². The van der Waals surface area contributed by atoms with E-state index in [0.717, 1.165) is 0 Å². The molecule has 1 aliphatic rings. The molecule has 0 bridgehead atoms. The quantitative estimate of drug-likeness (QED) is 0.558. The van der Waals surface area contributed by atoms with E-state index < -0.39 is 5.60 Å². The monoisotopic (exact) mass is 367 g/mol. The lowest BCUT2D eigenvalue weighted by atomic mass is 9.77. The summed E-state index contributed by atoms with van der Waals surface area (Å²) in [7, 11) is 0. The fraction of sp³-hybridized carbons (Fsp3) is 0.300. The zero-order valence-corrected chi connectivity index (χ0v) is 14.9. The Hall–Kier alpha value is -2.93. The first-order valence-corrected chi connectivity index (χ1v) is 8.81. The number of furan rings is 1. The second-order valence-electron chi connectivity index (χ2n) is 7.61. The predicted molar refractivity (Wildman–Crippen MR) is 98.0 cm³/mol. The number of phenolic OH excluding ortho intramolecular Hbond substituents is 1. The van der Waals surface area contributed by atoms with Gasteiger partial charge in [-0.15, -0.1) is 10.2 Å². The van der Waals surface area contributed by atoms with Gasteiger partial charge >= 0.3 is 0 Å². The molecule has 3 aromatic heterocycles. The summed E-state index contributed by atoms with van der Waals surface area (Å²) in [5.41, 5.74) is 1.83. The van der Waals surface area contributed by atoms with Crippen LogP contribution in [-0.2, 0) is 0 Å². The lowest BCUT2D eigenvalue weighted by molar-refractivity contribution is -0.0499. The van der Waals surface area contributed by atoms with Crippen molar-refractivity contribution in [1.82, 2.24) is 14.8 Å². The van der Waals surface area contributed by atoms with Gasteiger partial charge in [0.15, 0.2) is 11.5 Å². The summed E-state index contributed by atoms with van der Waals surface area (Å²) in [6, 6.07) is 5.12. The summed E-state index contributed by atoms with van der Waals surface area (Å²) in [5, 5.41) is 30.1. The number of fused-ring (bicyclic) bond motifs is 2. The molecule has 7 heteroatoms. The second kappa shape index (κ2) is 5.29. The fourth-order valence-corrected chi connectivity index (χ4v) is 4.13. The van der Waals surface area contributed by atoms with Crippen molar-refractivity contribution in [2.45, 2.75) is 38.3 Å². The number of benzene rings is 1. The molecule has 1 saturated carbocycles. The first kappa shape index (κ1) is 16.3. The van der Waals surface area contributed by atoms with Gasteiger partial charge in [-0.3, -0.25) is 0 Å². The SMILES string of the molecule is Cc1c(-c2ccc3occc3c2O)nnc2c1c(F)cn2C1CC(C)(O)C1. The van der Waals surface area contributed by atoms with Crippen molar-refractivity contribution in [3.63, 3.8) is 0 Å². The van der Waals surface area contributed by atoms with E-state index in [1.807, 2.05) is 0 Å². The van der Waals surface area contributed by atoms with Gasteiger partial charge in [0.25, 0.3) is 0 Å². The molecule has 0 aliphatic heterocycles. The van der Waals surface area contributed by atoms with E-state index in [-0.39, 0.29) is 17.6 Å². The average molecular weight is 367 g/mol. The van der Waals surface area contributed by atoms with Gasteiger partial charge in [0.05, 0.1) is 22.6 Å². The number of halogens is 1. The van der Waals surface area contributed by atoms with Crippen molar-refractivity contribution in [1.29, 1.82) is 0 Å². The smallest absolute Gasteiger partial charge is 0.166 e. The summed E-state index contributed by atoms with van der Waals surface area (Å²) in [6.45, 7) is 3.55. The van der Waals surface area contributed by atoms with Gasteiger partial charge in [-0.1, -0.05) is 0 Å². The van der Waals surface area contributed by atoms with Gasteiger partial charge in [-0.05, 0) is 50.5 Å². The van der Waals surface area contributed by atoms with Crippen LogP contribution >= 0.6 is 0 Å². The third kappa shape index (κ3) is 2.28. The lowest BCUT2D eigenvalue weighted by Crippen LogP contribution is -2.41.